The van der Waals surface area contributed by atoms with Gasteiger partial charge in [0.05, 0.1) is 36.9 Å². The predicted molar refractivity (Wildman–Crippen MR) is 104 cm³/mol. The number of nitrogens with two attached hydrogens (primary N) is 1. The van der Waals surface area contributed by atoms with Gasteiger partial charge in [-0.3, -0.25) is 9.59 Å². The number of esters is 1. The average molecular weight is 402 g/mol. The van der Waals surface area contributed by atoms with Gasteiger partial charge in [0.1, 0.15) is 5.75 Å². The van der Waals surface area contributed by atoms with Crippen LogP contribution < -0.4 is 15.8 Å². The highest BCUT2D eigenvalue weighted by atomic mass is 35.5. The van der Waals surface area contributed by atoms with Crippen molar-refractivity contribution in [2.24, 2.45) is 5.92 Å². The van der Waals surface area contributed by atoms with Gasteiger partial charge in [-0.1, -0.05) is 18.5 Å². The van der Waals surface area contributed by atoms with Gasteiger partial charge in [0.2, 0.25) is 0 Å². The Morgan fingerprint density at radius 3 is 2.67 bits per heavy atom. The number of nitrogens with zero attached hydrogens (tertiary/aromatic N) is 1. The van der Waals surface area contributed by atoms with Gasteiger partial charge < -0.3 is 30.9 Å². The van der Waals surface area contributed by atoms with Crippen LogP contribution in [0.4, 0.5) is 5.69 Å². The molecule has 1 aliphatic heterocycles. The van der Waals surface area contributed by atoms with Crippen molar-refractivity contribution in [2.45, 2.75) is 25.8 Å². The molecule has 27 heavy (non-hydrogen) atoms. The molecule has 0 saturated carbocycles. The molecule has 8 nitrogen and oxygen atoms in total. The Bertz CT molecular complexity index is 671. The first-order chi connectivity index (χ1) is 12.3. The number of nitrogens with one attached hydrogen (secondary N) is 1. The van der Waals surface area contributed by atoms with Gasteiger partial charge in [-0.25, -0.2) is 0 Å². The van der Waals surface area contributed by atoms with E-state index in [1.54, 1.807) is 6.07 Å². The van der Waals surface area contributed by atoms with Crippen LogP contribution in [0.3, 0.4) is 0 Å². The SMILES string of the molecule is COC(=O)CCN1CCC(NC(=O)c2cc(Cl)c(N)cc2OC)C(C)C1.O. The largest absolute Gasteiger partial charge is 0.496 e. The minimum absolute atomic E-state index is 0. The maximum atomic E-state index is 12.7. The summed E-state index contributed by atoms with van der Waals surface area (Å²) in [6, 6.07) is 3.12. The second-order valence-electron chi connectivity index (χ2n) is 6.55. The fraction of sp³-hybridized carbons (Fsp3) is 0.556. The van der Waals surface area contributed by atoms with Gasteiger partial charge in [0.25, 0.3) is 5.91 Å². The van der Waals surface area contributed by atoms with E-state index in [2.05, 4.69) is 21.9 Å². The standard InChI is InChI=1S/C18H26ClN3O4.H2O/c1-11-10-22(7-5-17(23)26-3)6-4-15(11)21-18(24)12-8-13(19)14(20)9-16(12)25-2;/h8-9,11,15H,4-7,10,20H2,1-3H3,(H,21,24);1H2. The Morgan fingerprint density at radius 1 is 1.37 bits per heavy atom. The van der Waals surface area contributed by atoms with Crippen LogP contribution in [0.5, 0.6) is 5.75 Å². The normalized spacial score (nSPS) is 19.7. The lowest BCUT2D eigenvalue weighted by Crippen LogP contribution is -2.50. The molecule has 2 atom stereocenters. The number of piperidine rings is 1. The first-order valence-electron chi connectivity index (χ1n) is 8.58. The fourth-order valence-corrected chi connectivity index (χ4v) is 3.33. The quantitative estimate of drug-likeness (QED) is 0.543. The number of ether oxygens (including phenoxy) is 2. The number of methoxy groups -OCH3 is 2. The number of carbonyl (C=O) groups excluding carboxylic acids is 2. The number of carbonyl (C=O) groups is 2. The summed E-state index contributed by atoms with van der Waals surface area (Å²) in [6.45, 7) is 4.37. The molecule has 0 bridgehead atoms. The van der Waals surface area contributed by atoms with Crippen LogP contribution >= 0.6 is 11.6 Å². The Labute approximate surface area is 164 Å². The van der Waals surface area contributed by atoms with Crippen LogP contribution in [0, 0.1) is 5.92 Å². The molecule has 1 aromatic rings. The van der Waals surface area contributed by atoms with Gasteiger partial charge in [-0.15, -0.1) is 0 Å². The van der Waals surface area contributed by atoms with E-state index in [0.717, 1.165) is 19.5 Å². The lowest BCUT2D eigenvalue weighted by molar-refractivity contribution is -0.141. The maximum absolute atomic E-state index is 12.7. The number of benzene rings is 1. The molecule has 1 amide bonds. The molecule has 2 unspecified atom stereocenters. The fourth-order valence-electron chi connectivity index (χ4n) is 3.16. The molecule has 0 aromatic heterocycles. The van der Waals surface area contributed by atoms with Crippen LogP contribution in [0.15, 0.2) is 12.1 Å². The first kappa shape index (κ1) is 23.0. The number of nitrogen functional groups attached to an aromatic ring is 1. The minimum atomic E-state index is -0.233. The molecule has 1 aliphatic rings. The Morgan fingerprint density at radius 2 is 2.07 bits per heavy atom. The highest BCUT2D eigenvalue weighted by Crippen LogP contribution is 2.29. The highest BCUT2D eigenvalue weighted by Gasteiger charge is 2.28. The molecule has 1 aromatic carbocycles. The summed E-state index contributed by atoms with van der Waals surface area (Å²) in [7, 11) is 2.88. The zero-order valence-electron chi connectivity index (χ0n) is 15.9. The Hall–Kier alpha value is -2.03. The molecule has 2 rings (SSSR count). The second kappa shape index (κ2) is 10.3. The molecule has 0 radical (unpaired) electrons. The van der Waals surface area contributed by atoms with Gasteiger partial charge in [-0.05, 0) is 18.4 Å². The summed E-state index contributed by atoms with van der Waals surface area (Å²) in [5.74, 6) is 0.206. The third-order valence-corrected chi connectivity index (χ3v) is 5.06. The third kappa shape index (κ3) is 5.98. The number of anilines is 1. The van der Waals surface area contributed by atoms with E-state index in [4.69, 9.17) is 22.1 Å². The minimum Gasteiger partial charge on any atom is -0.496 e. The summed E-state index contributed by atoms with van der Waals surface area (Å²) in [6.07, 6.45) is 1.18. The summed E-state index contributed by atoms with van der Waals surface area (Å²) >= 11 is 6.04. The maximum Gasteiger partial charge on any atom is 0.306 e. The van der Waals surface area contributed by atoms with E-state index < -0.39 is 0 Å². The molecule has 1 heterocycles. The Balaban J connectivity index is 0.00000364. The number of amides is 1. The summed E-state index contributed by atoms with van der Waals surface area (Å²) in [5.41, 5.74) is 6.50. The van der Waals surface area contributed by atoms with Crippen molar-refractivity contribution in [2.75, 3.05) is 39.6 Å². The van der Waals surface area contributed by atoms with Gasteiger partial charge in [0.15, 0.2) is 0 Å². The van der Waals surface area contributed by atoms with Gasteiger partial charge in [-0.2, -0.15) is 0 Å². The van der Waals surface area contributed by atoms with Crippen molar-refractivity contribution >= 4 is 29.2 Å². The van der Waals surface area contributed by atoms with Crippen LogP contribution in [-0.4, -0.2) is 62.1 Å². The number of likely N-dealkylation sites (tertiary alicyclic amines) is 1. The lowest BCUT2D eigenvalue weighted by Gasteiger charge is -2.37. The number of rotatable bonds is 6. The summed E-state index contributed by atoms with van der Waals surface area (Å²) in [5, 5.41) is 3.39. The van der Waals surface area contributed by atoms with Crippen LogP contribution in [-0.2, 0) is 9.53 Å². The summed E-state index contributed by atoms with van der Waals surface area (Å²) < 4.78 is 9.93. The van der Waals surface area contributed by atoms with Crippen molar-refractivity contribution in [1.29, 1.82) is 0 Å². The number of hydrogen-bond donors (Lipinski definition) is 2. The molecule has 1 saturated heterocycles. The van der Waals surface area contributed by atoms with Crippen molar-refractivity contribution < 1.29 is 24.5 Å². The van der Waals surface area contributed by atoms with E-state index in [0.29, 0.717) is 35.0 Å². The number of halogens is 1. The van der Waals surface area contributed by atoms with E-state index in [1.807, 2.05) is 0 Å². The van der Waals surface area contributed by atoms with Crippen LogP contribution in [0.1, 0.15) is 30.1 Å². The molecule has 9 heteroatoms. The van der Waals surface area contributed by atoms with Crippen molar-refractivity contribution in [3.63, 3.8) is 0 Å². The van der Waals surface area contributed by atoms with E-state index in [1.165, 1.54) is 20.3 Å². The van der Waals surface area contributed by atoms with Crippen molar-refractivity contribution in [1.82, 2.24) is 10.2 Å². The van der Waals surface area contributed by atoms with Crippen molar-refractivity contribution in [3.8, 4) is 5.75 Å². The number of hydrogen-bond acceptors (Lipinski definition) is 6. The van der Waals surface area contributed by atoms with E-state index in [9.17, 15) is 9.59 Å². The molecule has 0 aliphatic carbocycles. The molecule has 152 valence electrons. The highest BCUT2D eigenvalue weighted by molar-refractivity contribution is 6.33. The predicted octanol–water partition coefficient (Wildman–Crippen LogP) is 1.11. The smallest absolute Gasteiger partial charge is 0.306 e. The Kier molecular flexibility index (Phi) is 8.81. The first-order valence-corrected chi connectivity index (χ1v) is 8.96. The monoisotopic (exact) mass is 401 g/mol. The van der Waals surface area contributed by atoms with Gasteiger partial charge in [0, 0.05) is 31.7 Å². The molecule has 5 N–H and O–H groups in total. The van der Waals surface area contributed by atoms with Crippen molar-refractivity contribution in [3.05, 3.63) is 22.7 Å². The molecule has 1 fully saturated rings. The average Bonchev–Trinajstić information content (AvgIpc) is 2.63. The van der Waals surface area contributed by atoms with Crippen LogP contribution in [0.25, 0.3) is 0 Å². The zero-order chi connectivity index (χ0) is 19.3. The molecule has 0 spiro atoms. The zero-order valence-corrected chi connectivity index (χ0v) is 16.6. The lowest BCUT2D eigenvalue weighted by atomic mass is 9.93. The van der Waals surface area contributed by atoms with Gasteiger partial charge >= 0.3 is 5.97 Å². The molecular formula is C18H28ClN3O5. The topological polar surface area (TPSA) is 125 Å². The van der Waals surface area contributed by atoms with E-state index in [-0.39, 0.29) is 29.3 Å². The van der Waals surface area contributed by atoms with Crippen LogP contribution in [0.2, 0.25) is 5.02 Å². The summed E-state index contributed by atoms with van der Waals surface area (Å²) in [4.78, 5) is 26.2. The third-order valence-electron chi connectivity index (χ3n) is 4.73. The van der Waals surface area contributed by atoms with E-state index >= 15 is 0 Å². The molecular weight excluding hydrogens is 374 g/mol. The second-order valence-corrected chi connectivity index (χ2v) is 6.95.